The molecule has 1 aromatic heterocycles. The van der Waals surface area contributed by atoms with E-state index in [9.17, 15) is 14.9 Å². The van der Waals surface area contributed by atoms with Crippen LogP contribution < -0.4 is 5.32 Å². The Morgan fingerprint density at radius 3 is 2.85 bits per heavy atom. The van der Waals surface area contributed by atoms with Crippen molar-refractivity contribution in [2.24, 2.45) is 0 Å². The summed E-state index contributed by atoms with van der Waals surface area (Å²) in [4.78, 5) is 25.6. The van der Waals surface area contributed by atoms with Gasteiger partial charge in [-0.05, 0) is 38.8 Å². The number of nitrogens with zero attached hydrogens (tertiary/aromatic N) is 5. The SMILES string of the molecule is Cc1c(C(=O)N2C3CCNCC2CC3)nnn1-c1cccc([N+](=O)[O-])c1.Cl. The van der Waals surface area contributed by atoms with Crippen LogP contribution in [0.2, 0.25) is 0 Å². The first kappa shape index (κ1) is 19.2. The van der Waals surface area contributed by atoms with Crippen LogP contribution in [0.1, 0.15) is 35.4 Å². The summed E-state index contributed by atoms with van der Waals surface area (Å²) in [5.74, 6) is -0.101. The van der Waals surface area contributed by atoms with Crippen LogP contribution in [0.3, 0.4) is 0 Å². The second-order valence-electron chi connectivity index (χ2n) is 6.80. The number of halogens is 1. The van der Waals surface area contributed by atoms with E-state index in [1.165, 1.54) is 16.8 Å². The third-order valence-corrected chi connectivity index (χ3v) is 5.27. The maximum atomic E-state index is 13.1. The molecule has 10 heteroatoms. The summed E-state index contributed by atoms with van der Waals surface area (Å²) >= 11 is 0. The Morgan fingerprint density at radius 2 is 2.07 bits per heavy atom. The maximum Gasteiger partial charge on any atom is 0.276 e. The third kappa shape index (κ3) is 3.40. The number of nitro groups is 1. The van der Waals surface area contributed by atoms with Gasteiger partial charge in [0.05, 0.1) is 16.3 Å². The van der Waals surface area contributed by atoms with Crippen LogP contribution in [0.15, 0.2) is 24.3 Å². The Hall–Kier alpha value is -2.52. The lowest BCUT2D eigenvalue weighted by molar-refractivity contribution is -0.384. The fourth-order valence-electron chi connectivity index (χ4n) is 3.95. The molecular formula is C17H21ClN6O3. The van der Waals surface area contributed by atoms with E-state index in [2.05, 4.69) is 15.6 Å². The fraction of sp³-hybridized carbons (Fsp3) is 0.471. The second kappa shape index (κ2) is 7.61. The van der Waals surface area contributed by atoms with Crippen molar-refractivity contribution < 1.29 is 9.72 Å². The summed E-state index contributed by atoms with van der Waals surface area (Å²) in [6.45, 7) is 3.49. The average Bonchev–Trinajstić information content (AvgIpc) is 3.13. The Balaban J connectivity index is 0.00000210. The average molecular weight is 393 g/mol. The molecule has 3 heterocycles. The van der Waals surface area contributed by atoms with Gasteiger partial charge in [0.25, 0.3) is 11.6 Å². The number of aromatic nitrogens is 3. The van der Waals surface area contributed by atoms with E-state index in [4.69, 9.17) is 0 Å². The summed E-state index contributed by atoms with van der Waals surface area (Å²) in [5, 5.41) is 22.6. The summed E-state index contributed by atoms with van der Waals surface area (Å²) in [6, 6.07) is 6.58. The maximum absolute atomic E-state index is 13.1. The van der Waals surface area contributed by atoms with Crippen molar-refractivity contribution in [1.82, 2.24) is 25.2 Å². The van der Waals surface area contributed by atoms with Gasteiger partial charge in [-0.3, -0.25) is 14.9 Å². The number of fused-ring (bicyclic) bond motifs is 2. The Bertz CT molecular complexity index is 856. The van der Waals surface area contributed by atoms with Crippen molar-refractivity contribution in [3.8, 4) is 5.69 Å². The Kier molecular flexibility index (Phi) is 5.43. The van der Waals surface area contributed by atoms with E-state index in [0.29, 0.717) is 17.1 Å². The molecule has 2 bridgehead atoms. The quantitative estimate of drug-likeness (QED) is 0.631. The van der Waals surface area contributed by atoms with Crippen LogP contribution in [0, 0.1) is 17.0 Å². The second-order valence-corrected chi connectivity index (χ2v) is 6.80. The van der Waals surface area contributed by atoms with Gasteiger partial charge in [0, 0.05) is 30.8 Å². The predicted molar refractivity (Wildman–Crippen MR) is 100 cm³/mol. The normalized spacial score (nSPS) is 21.4. The van der Waals surface area contributed by atoms with Gasteiger partial charge < -0.3 is 10.2 Å². The van der Waals surface area contributed by atoms with Crippen LogP contribution in [0.4, 0.5) is 5.69 Å². The van der Waals surface area contributed by atoms with Crippen LogP contribution in [0.5, 0.6) is 0 Å². The minimum Gasteiger partial charge on any atom is -0.330 e. The van der Waals surface area contributed by atoms with Gasteiger partial charge in [-0.1, -0.05) is 11.3 Å². The van der Waals surface area contributed by atoms with Crippen molar-refractivity contribution in [3.05, 3.63) is 45.8 Å². The van der Waals surface area contributed by atoms with Gasteiger partial charge in [0.1, 0.15) is 0 Å². The highest BCUT2D eigenvalue weighted by Gasteiger charge is 2.39. The molecule has 2 atom stereocenters. The Morgan fingerprint density at radius 1 is 1.30 bits per heavy atom. The molecule has 0 spiro atoms. The molecule has 2 aromatic rings. The topological polar surface area (TPSA) is 106 Å². The smallest absolute Gasteiger partial charge is 0.276 e. The molecule has 2 unspecified atom stereocenters. The number of carbonyl (C=O) groups is 1. The first-order valence-electron chi connectivity index (χ1n) is 8.77. The molecule has 4 rings (SSSR count). The summed E-state index contributed by atoms with van der Waals surface area (Å²) < 4.78 is 1.48. The molecular weight excluding hydrogens is 372 g/mol. The number of non-ortho nitro benzene ring substituents is 1. The van der Waals surface area contributed by atoms with Crippen LogP contribution in [-0.4, -0.2) is 55.9 Å². The van der Waals surface area contributed by atoms with Gasteiger partial charge in [0.15, 0.2) is 5.69 Å². The van der Waals surface area contributed by atoms with E-state index in [0.717, 1.165) is 32.4 Å². The lowest BCUT2D eigenvalue weighted by Crippen LogP contribution is -2.43. The molecule has 144 valence electrons. The van der Waals surface area contributed by atoms with E-state index in [1.807, 2.05) is 4.90 Å². The number of rotatable bonds is 3. The Labute approximate surface area is 162 Å². The van der Waals surface area contributed by atoms with E-state index in [-0.39, 0.29) is 36.1 Å². The highest BCUT2D eigenvalue weighted by Crippen LogP contribution is 2.30. The summed E-state index contributed by atoms with van der Waals surface area (Å²) in [7, 11) is 0. The van der Waals surface area contributed by atoms with Gasteiger partial charge in [-0.2, -0.15) is 0 Å². The van der Waals surface area contributed by atoms with Crippen molar-refractivity contribution in [2.45, 2.75) is 38.3 Å². The molecule has 0 aliphatic carbocycles. The molecule has 27 heavy (non-hydrogen) atoms. The molecule has 1 amide bonds. The first-order chi connectivity index (χ1) is 12.6. The molecule has 0 saturated carbocycles. The molecule has 0 radical (unpaired) electrons. The molecule has 2 aliphatic rings. The number of carbonyl (C=O) groups excluding carboxylic acids is 1. The van der Waals surface area contributed by atoms with Gasteiger partial charge in [0.2, 0.25) is 0 Å². The lowest BCUT2D eigenvalue weighted by Gasteiger charge is -2.27. The van der Waals surface area contributed by atoms with Crippen LogP contribution in [-0.2, 0) is 0 Å². The molecule has 2 saturated heterocycles. The number of amides is 1. The number of hydrogen-bond acceptors (Lipinski definition) is 6. The lowest BCUT2D eigenvalue weighted by atomic mass is 10.1. The van der Waals surface area contributed by atoms with Crippen molar-refractivity contribution in [2.75, 3.05) is 13.1 Å². The predicted octanol–water partition coefficient (Wildman–Crippen LogP) is 1.87. The molecule has 1 aromatic carbocycles. The van der Waals surface area contributed by atoms with Gasteiger partial charge >= 0.3 is 0 Å². The number of benzene rings is 1. The summed E-state index contributed by atoms with van der Waals surface area (Å²) in [6.07, 6.45) is 2.97. The zero-order valence-electron chi connectivity index (χ0n) is 14.9. The molecule has 2 aliphatic heterocycles. The largest absolute Gasteiger partial charge is 0.330 e. The first-order valence-corrected chi connectivity index (χ1v) is 8.77. The summed E-state index contributed by atoms with van der Waals surface area (Å²) in [5.41, 5.74) is 1.40. The van der Waals surface area contributed by atoms with Crippen LogP contribution in [0.25, 0.3) is 5.69 Å². The van der Waals surface area contributed by atoms with E-state index in [1.54, 1.807) is 19.1 Å². The minimum absolute atomic E-state index is 0. The van der Waals surface area contributed by atoms with E-state index < -0.39 is 4.92 Å². The third-order valence-electron chi connectivity index (χ3n) is 5.27. The number of nitro benzene ring substituents is 1. The number of nitrogens with one attached hydrogen (secondary N) is 1. The van der Waals surface area contributed by atoms with Crippen molar-refractivity contribution in [1.29, 1.82) is 0 Å². The van der Waals surface area contributed by atoms with E-state index >= 15 is 0 Å². The molecule has 1 N–H and O–H groups in total. The van der Waals surface area contributed by atoms with Crippen molar-refractivity contribution in [3.63, 3.8) is 0 Å². The minimum atomic E-state index is -0.455. The monoisotopic (exact) mass is 392 g/mol. The van der Waals surface area contributed by atoms with Crippen molar-refractivity contribution >= 4 is 24.0 Å². The molecule has 9 nitrogen and oxygen atoms in total. The highest BCUT2D eigenvalue weighted by molar-refractivity contribution is 5.94. The molecule has 2 fully saturated rings. The zero-order chi connectivity index (χ0) is 18.3. The zero-order valence-corrected chi connectivity index (χ0v) is 15.7. The standard InChI is InChI=1S/C17H20N6O3.ClH/c1-11-16(17(24)21-12-5-6-15(21)10-18-8-7-12)19-20-22(11)13-3-2-4-14(9-13)23(25)26;/h2-4,9,12,15,18H,5-8,10H2,1H3;1H. The highest BCUT2D eigenvalue weighted by atomic mass is 35.5. The number of hydrogen-bond donors (Lipinski definition) is 1. The van der Waals surface area contributed by atoms with Gasteiger partial charge in [-0.25, -0.2) is 4.68 Å². The van der Waals surface area contributed by atoms with Gasteiger partial charge in [-0.15, -0.1) is 17.5 Å². The van der Waals surface area contributed by atoms with Crippen LogP contribution >= 0.6 is 12.4 Å². The fourth-order valence-corrected chi connectivity index (χ4v) is 3.95.